The maximum atomic E-state index is 13.3. The summed E-state index contributed by atoms with van der Waals surface area (Å²) < 4.78 is 10.7. The van der Waals surface area contributed by atoms with Gasteiger partial charge in [0, 0.05) is 31.7 Å². The van der Waals surface area contributed by atoms with E-state index in [1.807, 2.05) is 31.2 Å². The number of likely N-dealkylation sites (tertiary alicyclic amines) is 1. The SMILES string of the molecule is CCc1ccc([C@@H]2/C(=C(\O)c3ccc(OC)cc3C)C(=O)C(=O)N2CCCN2CCOCC2)cc1. The lowest BCUT2D eigenvalue weighted by Gasteiger charge is -2.29. The molecule has 0 aliphatic carbocycles. The Morgan fingerprint density at radius 2 is 1.80 bits per heavy atom. The molecule has 7 nitrogen and oxygen atoms in total. The topological polar surface area (TPSA) is 79.3 Å². The summed E-state index contributed by atoms with van der Waals surface area (Å²) in [4.78, 5) is 30.4. The van der Waals surface area contributed by atoms with Gasteiger partial charge in [0.05, 0.1) is 31.9 Å². The van der Waals surface area contributed by atoms with Crippen LogP contribution in [0.15, 0.2) is 48.0 Å². The number of carbonyl (C=O) groups is 2. The molecule has 1 amide bonds. The molecule has 2 saturated heterocycles. The van der Waals surface area contributed by atoms with Crippen LogP contribution in [0.2, 0.25) is 0 Å². The predicted molar refractivity (Wildman–Crippen MR) is 134 cm³/mol. The number of nitrogens with zero attached hydrogens (tertiary/aromatic N) is 2. The lowest BCUT2D eigenvalue weighted by molar-refractivity contribution is -0.140. The zero-order valence-corrected chi connectivity index (χ0v) is 20.8. The number of ether oxygens (including phenoxy) is 2. The van der Waals surface area contributed by atoms with Gasteiger partial charge >= 0.3 is 0 Å². The van der Waals surface area contributed by atoms with Gasteiger partial charge in [-0.15, -0.1) is 0 Å². The van der Waals surface area contributed by atoms with Crippen LogP contribution in [0.25, 0.3) is 5.76 Å². The first-order chi connectivity index (χ1) is 16.9. The number of Topliss-reactive ketones (excluding diaryl/α,β-unsaturated/α-hetero) is 1. The van der Waals surface area contributed by atoms with Crippen LogP contribution in [-0.2, 0) is 20.7 Å². The lowest BCUT2D eigenvalue weighted by atomic mass is 9.93. The highest BCUT2D eigenvalue weighted by Crippen LogP contribution is 2.40. The molecule has 2 heterocycles. The molecule has 2 aromatic carbocycles. The van der Waals surface area contributed by atoms with Gasteiger partial charge in [0.25, 0.3) is 11.7 Å². The Kier molecular flexibility index (Phi) is 7.88. The smallest absolute Gasteiger partial charge is 0.295 e. The quantitative estimate of drug-likeness (QED) is 0.354. The van der Waals surface area contributed by atoms with E-state index in [4.69, 9.17) is 9.47 Å². The second-order valence-electron chi connectivity index (χ2n) is 9.08. The third-order valence-corrected chi connectivity index (χ3v) is 6.91. The number of hydrogen-bond acceptors (Lipinski definition) is 6. The average molecular weight is 479 g/mol. The fraction of sp³-hybridized carbons (Fsp3) is 0.429. The molecular formula is C28H34N2O5. The molecule has 0 saturated carbocycles. The Bertz CT molecular complexity index is 1100. The summed E-state index contributed by atoms with van der Waals surface area (Å²) in [5.41, 5.74) is 3.41. The monoisotopic (exact) mass is 478 g/mol. The van der Waals surface area contributed by atoms with Crippen LogP contribution in [-0.4, -0.2) is 73.1 Å². The molecule has 0 unspecified atom stereocenters. The molecule has 0 aromatic heterocycles. The highest BCUT2D eigenvalue weighted by Gasteiger charge is 2.46. The number of aliphatic hydroxyl groups is 1. The van der Waals surface area contributed by atoms with Gasteiger partial charge in [0.1, 0.15) is 11.5 Å². The Hall–Kier alpha value is -3.16. The minimum Gasteiger partial charge on any atom is -0.507 e. The van der Waals surface area contributed by atoms with Crippen molar-refractivity contribution in [2.45, 2.75) is 32.7 Å². The van der Waals surface area contributed by atoms with Gasteiger partial charge in [-0.2, -0.15) is 0 Å². The van der Waals surface area contributed by atoms with E-state index >= 15 is 0 Å². The third-order valence-electron chi connectivity index (χ3n) is 6.91. The fourth-order valence-corrected chi connectivity index (χ4v) is 4.86. The molecule has 0 bridgehead atoms. The summed E-state index contributed by atoms with van der Waals surface area (Å²) in [6.07, 6.45) is 1.63. The molecule has 1 N–H and O–H groups in total. The minimum absolute atomic E-state index is 0.138. The summed E-state index contributed by atoms with van der Waals surface area (Å²) in [5.74, 6) is -0.698. The number of aliphatic hydroxyl groups excluding tert-OH is 1. The summed E-state index contributed by atoms with van der Waals surface area (Å²) >= 11 is 0. The van der Waals surface area contributed by atoms with Crippen LogP contribution < -0.4 is 4.74 Å². The number of carbonyl (C=O) groups excluding carboxylic acids is 2. The standard InChI is InChI=1S/C28H34N2O5/c1-4-20-6-8-21(9-7-20)25-24(26(31)23-11-10-22(34-3)18-19(23)2)27(32)28(33)30(25)13-5-12-29-14-16-35-17-15-29/h6-11,18,25,31H,4-5,12-17H2,1-3H3/b26-24+/t25-/m1/s1. The van der Waals surface area contributed by atoms with Crippen LogP contribution in [0.3, 0.4) is 0 Å². The van der Waals surface area contributed by atoms with Gasteiger partial charge in [0.15, 0.2) is 0 Å². The molecule has 0 spiro atoms. The molecule has 186 valence electrons. The van der Waals surface area contributed by atoms with Crippen molar-refractivity contribution < 1.29 is 24.2 Å². The largest absolute Gasteiger partial charge is 0.507 e. The Balaban J connectivity index is 1.70. The zero-order valence-electron chi connectivity index (χ0n) is 20.8. The van der Waals surface area contributed by atoms with Gasteiger partial charge in [-0.25, -0.2) is 0 Å². The second kappa shape index (κ2) is 11.1. The van der Waals surface area contributed by atoms with Gasteiger partial charge in [-0.1, -0.05) is 31.2 Å². The molecule has 2 fully saturated rings. The van der Waals surface area contributed by atoms with E-state index in [0.29, 0.717) is 17.9 Å². The highest BCUT2D eigenvalue weighted by atomic mass is 16.5. The fourth-order valence-electron chi connectivity index (χ4n) is 4.86. The molecule has 2 aliphatic rings. The molecular weight excluding hydrogens is 444 g/mol. The van der Waals surface area contributed by atoms with Crippen molar-refractivity contribution in [1.29, 1.82) is 0 Å². The van der Waals surface area contributed by atoms with Crippen molar-refractivity contribution in [2.24, 2.45) is 0 Å². The number of ketones is 1. The Labute approximate surface area is 206 Å². The first-order valence-corrected chi connectivity index (χ1v) is 12.3. The van der Waals surface area contributed by atoms with Crippen molar-refractivity contribution in [1.82, 2.24) is 9.80 Å². The van der Waals surface area contributed by atoms with E-state index < -0.39 is 17.7 Å². The maximum Gasteiger partial charge on any atom is 0.295 e. The van der Waals surface area contributed by atoms with E-state index in [-0.39, 0.29) is 11.3 Å². The van der Waals surface area contributed by atoms with Gasteiger partial charge in [-0.3, -0.25) is 14.5 Å². The van der Waals surface area contributed by atoms with Crippen molar-refractivity contribution >= 4 is 17.4 Å². The van der Waals surface area contributed by atoms with E-state index in [1.165, 1.54) is 5.56 Å². The number of morpholine rings is 1. The van der Waals surface area contributed by atoms with Gasteiger partial charge < -0.3 is 19.5 Å². The van der Waals surface area contributed by atoms with Crippen molar-refractivity contribution in [2.75, 3.05) is 46.5 Å². The summed E-state index contributed by atoms with van der Waals surface area (Å²) in [7, 11) is 1.58. The predicted octanol–water partition coefficient (Wildman–Crippen LogP) is 3.71. The van der Waals surface area contributed by atoms with Crippen LogP contribution in [0.5, 0.6) is 5.75 Å². The minimum atomic E-state index is -0.645. The number of hydrogen-bond donors (Lipinski definition) is 1. The Morgan fingerprint density at radius 3 is 2.43 bits per heavy atom. The molecule has 35 heavy (non-hydrogen) atoms. The maximum absolute atomic E-state index is 13.3. The van der Waals surface area contributed by atoms with E-state index in [2.05, 4.69) is 11.8 Å². The molecule has 0 radical (unpaired) electrons. The molecule has 2 aliphatic heterocycles. The van der Waals surface area contributed by atoms with Crippen molar-refractivity contribution in [3.05, 3.63) is 70.3 Å². The number of methoxy groups -OCH3 is 1. The number of benzene rings is 2. The molecule has 4 rings (SSSR count). The molecule has 1 atom stereocenters. The summed E-state index contributed by atoms with van der Waals surface area (Å²) in [5, 5.41) is 11.3. The number of rotatable bonds is 8. The third kappa shape index (κ3) is 5.26. The van der Waals surface area contributed by atoms with Gasteiger partial charge in [-0.05, 0) is 54.7 Å². The first-order valence-electron chi connectivity index (χ1n) is 12.3. The van der Waals surface area contributed by atoms with Crippen LogP contribution in [0.1, 0.15) is 41.6 Å². The normalized spacial score (nSPS) is 20.4. The zero-order chi connectivity index (χ0) is 24.9. The number of amides is 1. The Morgan fingerprint density at radius 1 is 1.09 bits per heavy atom. The highest BCUT2D eigenvalue weighted by molar-refractivity contribution is 6.46. The average Bonchev–Trinajstić information content (AvgIpc) is 3.14. The lowest BCUT2D eigenvalue weighted by Crippen LogP contribution is -2.38. The summed E-state index contributed by atoms with van der Waals surface area (Å²) in [6.45, 7) is 8.37. The van der Waals surface area contributed by atoms with Crippen LogP contribution >= 0.6 is 0 Å². The van der Waals surface area contributed by atoms with E-state index in [9.17, 15) is 14.7 Å². The number of aryl methyl sites for hydroxylation is 2. The van der Waals surface area contributed by atoms with Crippen LogP contribution in [0, 0.1) is 6.92 Å². The van der Waals surface area contributed by atoms with Crippen molar-refractivity contribution in [3.63, 3.8) is 0 Å². The first kappa shape index (κ1) is 24.9. The summed E-state index contributed by atoms with van der Waals surface area (Å²) in [6, 6.07) is 12.6. The molecule has 7 heteroatoms. The van der Waals surface area contributed by atoms with Crippen LogP contribution in [0.4, 0.5) is 0 Å². The molecule has 2 aromatic rings. The second-order valence-corrected chi connectivity index (χ2v) is 9.08. The van der Waals surface area contributed by atoms with Crippen molar-refractivity contribution in [3.8, 4) is 5.75 Å². The van der Waals surface area contributed by atoms with E-state index in [0.717, 1.165) is 56.8 Å². The van der Waals surface area contributed by atoms with E-state index in [1.54, 1.807) is 30.2 Å². The van der Waals surface area contributed by atoms with Gasteiger partial charge in [0.2, 0.25) is 0 Å².